The van der Waals surface area contributed by atoms with Crippen LogP contribution in [0.4, 0.5) is 0 Å². The van der Waals surface area contributed by atoms with Gasteiger partial charge in [0, 0.05) is 20.8 Å². The fourth-order valence-corrected chi connectivity index (χ4v) is 2.44. The summed E-state index contributed by atoms with van der Waals surface area (Å²) in [4.78, 5) is 0. The maximum atomic E-state index is 11.3. The van der Waals surface area contributed by atoms with Crippen LogP contribution in [0.2, 0.25) is 0 Å². The van der Waals surface area contributed by atoms with E-state index in [0.717, 1.165) is 14.2 Å². The molecule has 0 aromatic heterocycles. The molecule has 0 aliphatic carbocycles. The smallest absolute Gasteiger partial charge is 0.362 e. The van der Waals surface area contributed by atoms with Crippen LogP contribution in [0.5, 0.6) is 0 Å². The summed E-state index contributed by atoms with van der Waals surface area (Å²) in [6.07, 6.45) is 0. The van der Waals surface area contributed by atoms with E-state index in [4.69, 9.17) is 39.9 Å². The minimum Gasteiger partial charge on any atom is -0.397 e. The number of aliphatic hydroxyl groups excluding tert-OH is 2. The maximum absolute atomic E-state index is 11.3. The molecule has 15 heavy (non-hydrogen) atoms. The molecule has 0 saturated carbocycles. The molecular formula is C6H14Cl3O5P. The Morgan fingerprint density at radius 3 is 1.67 bits per heavy atom. The quantitative estimate of drug-likeness (QED) is 0.617. The van der Waals surface area contributed by atoms with Gasteiger partial charge >= 0.3 is 7.60 Å². The van der Waals surface area contributed by atoms with Gasteiger partial charge in [-0.3, -0.25) is 4.57 Å². The van der Waals surface area contributed by atoms with Crippen molar-refractivity contribution in [3.05, 3.63) is 0 Å². The lowest BCUT2D eigenvalue weighted by Gasteiger charge is -2.24. The third-order valence-electron chi connectivity index (χ3n) is 1.10. The van der Waals surface area contributed by atoms with E-state index in [1.54, 1.807) is 6.92 Å². The zero-order valence-corrected chi connectivity index (χ0v) is 11.6. The summed E-state index contributed by atoms with van der Waals surface area (Å²) in [5, 5.41) is 16.8. The minimum atomic E-state index is -3.73. The maximum Gasteiger partial charge on any atom is 0.362 e. The molecule has 1 unspecified atom stereocenters. The summed E-state index contributed by atoms with van der Waals surface area (Å²) in [6, 6.07) is 0. The van der Waals surface area contributed by atoms with Crippen LogP contribution in [0.3, 0.4) is 0 Å². The molecule has 1 atom stereocenters. The predicted octanol–water partition coefficient (Wildman–Crippen LogP) is 2.16. The number of aliphatic hydroxyl groups is 2. The Labute approximate surface area is 104 Å². The van der Waals surface area contributed by atoms with Gasteiger partial charge < -0.3 is 19.3 Å². The third-order valence-corrected chi connectivity index (χ3v) is 4.18. The van der Waals surface area contributed by atoms with E-state index in [-0.39, 0.29) is 6.61 Å². The first-order chi connectivity index (χ1) is 6.69. The monoisotopic (exact) mass is 302 g/mol. The summed E-state index contributed by atoms with van der Waals surface area (Å²) in [6.45, 7) is 1.93. The van der Waals surface area contributed by atoms with Crippen LogP contribution in [0.1, 0.15) is 6.92 Å². The van der Waals surface area contributed by atoms with Gasteiger partial charge in [0.15, 0.2) is 0 Å². The molecule has 2 N–H and O–H groups in total. The summed E-state index contributed by atoms with van der Waals surface area (Å²) in [7, 11) is -1.56. The SMILES string of the molecule is CCO.COP(=O)(OC)C(O)C(Cl)(Cl)Cl. The van der Waals surface area contributed by atoms with Gasteiger partial charge in [-0.05, 0) is 6.92 Å². The number of hydrogen-bond acceptors (Lipinski definition) is 5. The van der Waals surface area contributed by atoms with Crippen molar-refractivity contribution in [3.8, 4) is 0 Å². The van der Waals surface area contributed by atoms with E-state index < -0.39 is 17.2 Å². The second-order valence-corrected chi connectivity index (χ2v) is 6.80. The van der Waals surface area contributed by atoms with E-state index in [1.807, 2.05) is 0 Å². The van der Waals surface area contributed by atoms with Crippen molar-refractivity contribution in [1.82, 2.24) is 0 Å². The fourth-order valence-electron chi connectivity index (χ4n) is 0.454. The Balaban J connectivity index is 0. The molecule has 0 saturated heterocycles. The Morgan fingerprint density at radius 1 is 1.33 bits per heavy atom. The second-order valence-electron chi connectivity index (χ2n) is 2.14. The highest BCUT2D eigenvalue weighted by molar-refractivity contribution is 7.54. The van der Waals surface area contributed by atoms with Gasteiger partial charge in [-0.1, -0.05) is 34.8 Å². The molecule has 5 nitrogen and oxygen atoms in total. The molecule has 0 aromatic rings. The molecule has 0 spiro atoms. The average molecular weight is 304 g/mol. The minimum absolute atomic E-state index is 0.250. The Bertz CT molecular complexity index is 199. The van der Waals surface area contributed by atoms with Crippen molar-refractivity contribution in [2.24, 2.45) is 0 Å². The summed E-state index contributed by atoms with van der Waals surface area (Å²) in [5.74, 6) is -1.80. The van der Waals surface area contributed by atoms with E-state index in [0.29, 0.717) is 0 Å². The molecule has 0 fully saturated rings. The van der Waals surface area contributed by atoms with Gasteiger partial charge in [0.05, 0.1) is 0 Å². The molecule has 0 amide bonds. The lowest BCUT2D eigenvalue weighted by atomic mass is 10.8. The van der Waals surface area contributed by atoms with Crippen LogP contribution in [-0.2, 0) is 13.6 Å². The molecule has 0 heterocycles. The summed E-state index contributed by atoms with van der Waals surface area (Å²) >= 11 is 15.8. The molecule has 0 aromatic carbocycles. The van der Waals surface area contributed by atoms with Crippen LogP contribution >= 0.6 is 42.4 Å². The predicted molar refractivity (Wildman–Crippen MR) is 60.7 cm³/mol. The van der Waals surface area contributed by atoms with Crippen molar-refractivity contribution < 1.29 is 23.8 Å². The van der Waals surface area contributed by atoms with E-state index >= 15 is 0 Å². The fraction of sp³-hybridized carbons (Fsp3) is 1.00. The topological polar surface area (TPSA) is 76.0 Å². The summed E-state index contributed by atoms with van der Waals surface area (Å²) in [5.41, 5.74) is 0. The van der Waals surface area contributed by atoms with Crippen molar-refractivity contribution in [2.45, 2.75) is 16.6 Å². The van der Waals surface area contributed by atoms with Crippen molar-refractivity contribution in [3.63, 3.8) is 0 Å². The molecule has 0 aliphatic heterocycles. The highest BCUT2D eigenvalue weighted by Gasteiger charge is 2.46. The molecule has 0 bridgehead atoms. The van der Waals surface area contributed by atoms with Crippen LogP contribution in [0.25, 0.3) is 0 Å². The first kappa shape index (κ1) is 18.3. The van der Waals surface area contributed by atoms with Gasteiger partial charge in [0.25, 0.3) is 0 Å². The van der Waals surface area contributed by atoms with Crippen molar-refractivity contribution >= 4 is 42.4 Å². The lowest BCUT2D eigenvalue weighted by molar-refractivity contribution is 0.176. The van der Waals surface area contributed by atoms with Crippen LogP contribution in [0.15, 0.2) is 0 Å². The van der Waals surface area contributed by atoms with Crippen molar-refractivity contribution in [1.29, 1.82) is 0 Å². The Morgan fingerprint density at radius 2 is 1.60 bits per heavy atom. The Kier molecular flexibility index (Phi) is 9.88. The summed E-state index contributed by atoms with van der Waals surface area (Å²) < 4.78 is 18.1. The van der Waals surface area contributed by atoms with Gasteiger partial charge in [-0.2, -0.15) is 0 Å². The molecule has 0 radical (unpaired) electrons. The normalized spacial score (nSPS) is 14.1. The first-order valence-electron chi connectivity index (χ1n) is 3.76. The van der Waals surface area contributed by atoms with Gasteiger partial charge in [-0.15, -0.1) is 0 Å². The first-order valence-corrected chi connectivity index (χ1v) is 6.51. The highest BCUT2D eigenvalue weighted by atomic mass is 35.6. The number of alkyl halides is 3. The number of halogens is 3. The average Bonchev–Trinajstić information content (AvgIpc) is 2.15. The standard InChI is InChI=1S/C4H8Cl3O4P.C2H6O/c1-10-12(9,11-2)3(8)4(5,6)7;1-2-3/h3,8H,1-2H3;3H,2H2,1H3. The molecular weight excluding hydrogens is 289 g/mol. The van der Waals surface area contributed by atoms with Crippen LogP contribution < -0.4 is 0 Å². The van der Waals surface area contributed by atoms with E-state index in [9.17, 15) is 9.67 Å². The van der Waals surface area contributed by atoms with E-state index in [1.165, 1.54) is 0 Å². The highest BCUT2D eigenvalue weighted by Crippen LogP contribution is 2.57. The zero-order chi connectivity index (χ0) is 12.7. The molecule has 0 rings (SSSR count). The molecule has 94 valence electrons. The van der Waals surface area contributed by atoms with Gasteiger partial charge in [0.2, 0.25) is 9.64 Å². The van der Waals surface area contributed by atoms with Gasteiger partial charge in [0.1, 0.15) is 0 Å². The van der Waals surface area contributed by atoms with Gasteiger partial charge in [-0.25, -0.2) is 0 Å². The second kappa shape index (κ2) is 8.09. The molecule has 0 aliphatic rings. The largest absolute Gasteiger partial charge is 0.397 e. The Hall–Kier alpha value is 0.940. The zero-order valence-electron chi connectivity index (χ0n) is 8.48. The van der Waals surface area contributed by atoms with E-state index in [2.05, 4.69) is 9.05 Å². The van der Waals surface area contributed by atoms with Crippen LogP contribution in [-0.4, -0.2) is 40.7 Å². The lowest BCUT2D eigenvalue weighted by Crippen LogP contribution is -2.26. The third kappa shape index (κ3) is 6.97. The number of rotatable bonds is 3. The number of hydrogen-bond donors (Lipinski definition) is 2. The van der Waals surface area contributed by atoms with Crippen molar-refractivity contribution in [2.75, 3.05) is 20.8 Å². The molecule has 9 heteroatoms. The van der Waals surface area contributed by atoms with Crippen LogP contribution in [0, 0.1) is 0 Å².